The Morgan fingerprint density at radius 1 is 0.727 bits per heavy atom. The molecule has 11 heteroatoms. The second kappa shape index (κ2) is 18.6. The number of benzene rings is 5. The lowest BCUT2D eigenvalue weighted by Gasteiger charge is -2.28. The third kappa shape index (κ3) is 9.90. The number of Topliss-reactive ketones (excluding diaryl/α,β-unsaturated/α-hetero) is 2. The van der Waals surface area contributed by atoms with Crippen molar-refractivity contribution in [2.45, 2.75) is 77.0 Å². The molecule has 286 valence electrons. The van der Waals surface area contributed by atoms with Crippen molar-refractivity contribution in [3.63, 3.8) is 0 Å². The monoisotopic (exact) mass is 745 g/mol. The molecule has 5 aromatic carbocycles. The first-order valence-corrected chi connectivity index (χ1v) is 19.1. The molecule has 0 aromatic heterocycles. The standard InChI is InChI=1S/C44H47N3O8/c1-2-55-39(50)25-45-44(53)42(51)36(27-54-26-29-12-7-4-8-13-29)47-43(52)35(24-28-10-5-3-6-11-28)46-38(49)23-22-37(48)33-20-18-32-17-16-30-14-9-15-31-19-21-34(33)41(32)40(30)31/h4,7-9,12-21,28,35-36H,2-3,5-6,10-11,22-27H2,1H3,(H,45,53)(H,46,49)(H,47,52)/t35-,36?/m0/s1. The Morgan fingerprint density at radius 2 is 1.42 bits per heavy atom. The first-order valence-electron chi connectivity index (χ1n) is 19.1. The molecule has 1 aliphatic rings. The lowest BCUT2D eigenvalue weighted by Crippen LogP contribution is -2.56. The van der Waals surface area contributed by atoms with Crippen LogP contribution in [0.5, 0.6) is 0 Å². The van der Waals surface area contributed by atoms with Gasteiger partial charge in [0.25, 0.3) is 5.91 Å². The van der Waals surface area contributed by atoms with Crippen LogP contribution in [0.1, 0.15) is 74.2 Å². The highest BCUT2D eigenvalue weighted by Crippen LogP contribution is 2.36. The number of ether oxygens (including phenoxy) is 2. The molecule has 5 aromatic rings. The van der Waals surface area contributed by atoms with E-state index in [0.717, 1.165) is 70.0 Å². The van der Waals surface area contributed by atoms with Crippen LogP contribution < -0.4 is 16.0 Å². The Balaban J connectivity index is 1.14. The Morgan fingerprint density at radius 3 is 2.15 bits per heavy atom. The Kier molecular flexibility index (Phi) is 13.2. The average Bonchev–Trinajstić information content (AvgIpc) is 3.21. The van der Waals surface area contributed by atoms with Crippen LogP contribution in [0, 0.1) is 5.92 Å². The molecule has 0 saturated heterocycles. The molecule has 3 amide bonds. The number of esters is 1. The number of rotatable bonds is 18. The summed E-state index contributed by atoms with van der Waals surface area (Å²) in [6.45, 7) is 1.00. The maximum atomic E-state index is 13.9. The lowest BCUT2D eigenvalue weighted by atomic mass is 9.84. The summed E-state index contributed by atoms with van der Waals surface area (Å²) in [6.07, 6.45) is 5.03. The first-order chi connectivity index (χ1) is 26.7. The fraction of sp³-hybridized carbons (Fsp3) is 0.364. The minimum Gasteiger partial charge on any atom is -0.465 e. The van der Waals surface area contributed by atoms with Crippen molar-refractivity contribution < 1.29 is 38.2 Å². The van der Waals surface area contributed by atoms with Gasteiger partial charge >= 0.3 is 5.97 Å². The second-order valence-electron chi connectivity index (χ2n) is 14.2. The van der Waals surface area contributed by atoms with Gasteiger partial charge in [0.05, 0.1) is 19.8 Å². The van der Waals surface area contributed by atoms with Crippen molar-refractivity contribution in [1.29, 1.82) is 0 Å². The zero-order chi connectivity index (χ0) is 38.7. The van der Waals surface area contributed by atoms with Crippen molar-refractivity contribution in [2.24, 2.45) is 5.92 Å². The highest BCUT2D eigenvalue weighted by Gasteiger charge is 2.32. The number of amides is 3. The van der Waals surface area contributed by atoms with Gasteiger partial charge in [-0.1, -0.05) is 117 Å². The van der Waals surface area contributed by atoms with Gasteiger partial charge in [-0.15, -0.1) is 0 Å². The molecule has 3 N–H and O–H groups in total. The topological polar surface area (TPSA) is 157 Å². The van der Waals surface area contributed by atoms with Crippen LogP contribution in [0.15, 0.2) is 84.9 Å². The molecule has 0 bridgehead atoms. The van der Waals surface area contributed by atoms with Gasteiger partial charge in [0.15, 0.2) is 5.78 Å². The molecular weight excluding hydrogens is 698 g/mol. The number of hydrogen-bond acceptors (Lipinski definition) is 8. The predicted octanol–water partition coefficient (Wildman–Crippen LogP) is 5.95. The van der Waals surface area contributed by atoms with Crippen molar-refractivity contribution in [3.05, 3.63) is 96.1 Å². The first kappa shape index (κ1) is 39.0. The summed E-state index contributed by atoms with van der Waals surface area (Å²) < 4.78 is 10.6. The third-order valence-electron chi connectivity index (χ3n) is 10.3. The van der Waals surface area contributed by atoms with Gasteiger partial charge < -0.3 is 25.4 Å². The highest BCUT2D eigenvalue weighted by atomic mass is 16.5. The Bertz CT molecular complexity index is 2150. The zero-order valence-electron chi connectivity index (χ0n) is 31.1. The van der Waals surface area contributed by atoms with E-state index >= 15 is 0 Å². The molecule has 0 radical (unpaired) electrons. The summed E-state index contributed by atoms with van der Waals surface area (Å²) >= 11 is 0. The van der Waals surface area contributed by atoms with E-state index in [2.05, 4.69) is 34.1 Å². The molecule has 2 atom stereocenters. The molecule has 1 saturated carbocycles. The van der Waals surface area contributed by atoms with E-state index in [9.17, 15) is 28.8 Å². The minimum absolute atomic E-state index is 0.0668. The van der Waals surface area contributed by atoms with Crippen LogP contribution in [0.25, 0.3) is 32.3 Å². The highest BCUT2D eigenvalue weighted by molar-refractivity contribution is 6.38. The molecule has 1 unspecified atom stereocenters. The fourth-order valence-electron chi connectivity index (χ4n) is 7.53. The molecule has 1 fully saturated rings. The summed E-state index contributed by atoms with van der Waals surface area (Å²) in [5.74, 6) is -3.93. The summed E-state index contributed by atoms with van der Waals surface area (Å²) in [7, 11) is 0. The number of hydrogen-bond donors (Lipinski definition) is 3. The van der Waals surface area contributed by atoms with Gasteiger partial charge in [0, 0.05) is 18.4 Å². The van der Waals surface area contributed by atoms with Crippen LogP contribution >= 0.6 is 0 Å². The van der Waals surface area contributed by atoms with E-state index in [1.54, 1.807) is 13.0 Å². The van der Waals surface area contributed by atoms with Gasteiger partial charge in [-0.2, -0.15) is 0 Å². The van der Waals surface area contributed by atoms with Crippen molar-refractivity contribution in [2.75, 3.05) is 19.8 Å². The SMILES string of the molecule is CCOC(=O)CNC(=O)C(=O)C(COCc1ccccc1)NC(=O)[C@H](CC1CCCCC1)NC(=O)CCC(=O)c1ccc2ccc3cccc4ccc1c2c34. The van der Waals surface area contributed by atoms with E-state index in [4.69, 9.17) is 9.47 Å². The van der Waals surface area contributed by atoms with E-state index in [0.29, 0.717) is 12.0 Å². The van der Waals surface area contributed by atoms with Gasteiger partial charge in [0.2, 0.25) is 17.6 Å². The predicted molar refractivity (Wildman–Crippen MR) is 210 cm³/mol. The average molecular weight is 746 g/mol. The maximum absolute atomic E-state index is 13.9. The largest absolute Gasteiger partial charge is 0.465 e. The summed E-state index contributed by atoms with van der Waals surface area (Å²) in [6, 6.07) is 24.7. The summed E-state index contributed by atoms with van der Waals surface area (Å²) in [5, 5.41) is 13.9. The molecular formula is C44H47N3O8. The Hall–Kier alpha value is -5.68. The molecule has 0 heterocycles. The maximum Gasteiger partial charge on any atom is 0.325 e. The summed E-state index contributed by atoms with van der Waals surface area (Å²) in [5.41, 5.74) is 1.36. The van der Waals surface area contributed by atoms with Crippen LogP contribution in [0.2, 0.25) is 0 Å². The minimum atomic E-state index is -1.40. The molecule has 1 aliphatic carbocycles. The molecule has 6 rings (SSSR count). The normalized spacial score (nSPS) is 14.3. The van der Waals surface area contributed by atoms with Crippen LogP contribution in [-0.4, -0.2) is 67.1 Å². The van der Waals surface area contributed by atoms with Gasteiger partial charge in [-0.25, -0.2) is 0 Å². The fourth-order valence-corrected chi connectivity index (χ4v) is 7.53. The molecule has 0 spiro atoms. The second-order valence-corrected chi connectivity index (χ2v) is 14.2. The quantitative estimate of drug-likeness (QED) is 0.0430. The number of carbonyl (C=O) groups excluding carboxylic acids is 6. The van der Waals surface area contributed by atoms with Crippen LogP contribution in [-0.2, 0) is 40.1 Å². The smallest absolute Gasteiger partial charge is 0.325 e. The molecule has 0 aliphatic heterocycles. The van der Waals surface area contributed by atoms with Crippen LogP contribution in [0.4, 0.5) is 0 Å². The number of nitrogens with one attached hydrogen (secondary N) is 3. The Labute approximate surface area is 319 Å². The van der Waals surface area contributed by atoms with Crippen molar-refractivity contribution in [3.8, 4) is 0 Å². The van der Waals surface area contributed by atoms with E-state index in [1.165, 1.54) is 0 Å². The molecule has 55 heavy (non-hydrogen) atoms. The van der Waals surface area contributed by atoms with E-state index in [-0.39, 0.29) is 44.4 Å². The van der Waals surface area contributed by atoms with Crippen LogP contribution in [0.3, 0.4) is 0 Å². The van der Waals surface area contributed by atoms with Gasteiger partial charge in [-0.3, -0.25) is 28.8 Å². The van der Waals surface area contributed by atoms with Gasteiger partial charge in [-0.05, 0) is 57.1 Å². The van der Waals surface area contributed by atoms with Crippen molar-refractivity contribution in [1.82, 2.24) is 16.0 Å². The lowest BCUT2D eigenvalue weighted by molar-refractivity contribution is -0.146. The third-order valence-corrected chi connectivity index (χ3v) is 10.3. The van der Waals surface area contributed by atoms with Gasteiger partial charge in [0.1, 0.15) is 18.6 Å². The van der Waals surface area contributed by atoms with E-state index < -0.39 is 48.1 Å². The number of ketones is 2. The zero-order valence-corrected chi connectivity index (χ0v) is 31.1. The number of carbonyl (C=O) groups is 6. The molecule has 11 nitrogen and oxygen atoms in total. The van der Waals surface area contributed by atoms with Crippen molar-refractivity contribution >= 4 is 67.6 Å². The van der Waals surface area contributed by atoms with E-state index in [1.807, 2.05) is 60.7 Å². The summed E-state index contributed by atoms with van der Waals surface area (Å²) in [4.78, 5) is 79.1.